The van der Waals surface area contributed by atoms with Crippen molar-refractivity contribution < 1.29 is 22.3 Å². The van der Waals surface area contributed by atoms with Gasteiger partial charge in [-0.1, -0.05) is 43.5 Å². The average Bonchev–Trinajstić information content (AvgIpc) is 3.20. The van der Waals surface area contributed by atoms with Gasteiger partial charge < -0.3 is 9.64 Å². The van der Waals surface area contributed by atoms with Crippen LogP contribution in [0, 0.1) is 5.82 Å². The first kappa shape index (κ1) is 24.7. The second-order valence-corrected chi connectivity index (χ2v) is 11.5. The van der Waals surface area contributed by atoms with E-state index in [1.54, 1.807) is 19.2 Å². The molecule has 184 valence electrons. The molecule has 1 heterocycles. The topological polar surface area (TPSA) is 75.7 Å². The first-order valence-electron chi connectivity index (χ1n) is 12.0. The molecule has 1 N–H and O–H groups in total. The molecule has 2 aromatic carbocycles. The van der Waals surface area contributed by atoms with Crippen LogP contribution in [0.2, 0.25) is 0 Å². The molecule has 1 aliphatic heterocycles. The minimum Gasteiger partial charge on any atom is -0.497 e. The Bertz CT molecular complexity index is 1070. The number of nitrogens with one attached hydrogen (secondary N) is 1. The van der Waals surface area contributed by atoms with Gasteiger partial charge in [-0.3, -0.25) is 10.1 Å². The molecular weight excluding hydrogens is 455 g/mol. The van der Waals surface area contributed by atoms with E-state index in [-0.39, 0.29) is 47.9 Å². The van der Waals surface area contributed by atoms with Crippen LogP contribution in [0.4, 0.5) is 4.39 Å². The molecular formula is C26H33FN2O4S. The molecule has 2 unspecified atom stereocenters. The quantitative estimate of drug-likeness (QED) is 0.611. The van der Waals surface area contributed by atoms with Crippen LogP contribution in [0.3, 0.4) is 0 Å². The maximum absolute atomic E-state index is 13.6. The van der Waals surface area contributed by atoms with Crippen LogP contribution in [-0.4, -0.2) is 56.5 Å². The SMILES string of the molecule is COc1ccc(C(NCC(=O)N(C2CCCCC2)C2CCS(=O)(=O)C2)c2ccc(F)cc2)cc1. The summed E-state index contributed by atoms with van der Waals surface area (Å²) in [5, 5.41) is 3.37. The minimum atomic E-state index is -3.10. The highest BCUT2D eigenvalue weighted by Crippen LogP contribution is 2.29. The van der Waals surface area contributed by atoms with Crippen LogP contribution >= 0.6 is 0 Å². The van der Waals surface area contributed by atoms with Gasteiger partial charge in [0.25, 0.3) is 0 Å². The fourth-order valence-electron chi connectivity index (χ4n) is 5.22. The van der Waals surface area contributed by atoms with E-state index >= 15 is 0 Å². The molecule has 6 nitrogen and oxygen atoms in total. The lowest BCUT2D eigenvalue weighted by atomic mass is 9.92. The van der Waals surface area contributed by atoms with Crippen LogP contribution in [0.15, 0.2) is 48.5 Å². The van der Waals surface area contributed by atoms with Gasteiger partial charge in [0.1, 0.15) is 11.6 Å². The number of rotatable bonds is 8. The van der Waals surface area contributed by atoms with E-state index < -0.39 is 9.84 Å². The van der Waals surface area contributed by atoms with Gasteiger partial charge in [-0.25, -0.2) is 12.8 Å². The normalized spacial score (nSPS) is 21.2. The second kappa shape index (κ2) is 10.9. The van der Waals surface area contributed by atoms with Crippen molar-refractivity contribution in [3.63, 3.8) is 0 Å². The third-order valence-corrected chi connectivity index (χ3v) is 8.72. The lowest BCUT2D eigenvalue weighted by Crippen LogP contribution is -2.51. The summed E-state index contributed by atoms with van der Waals surface area (Å²) in [5.74, 6) is 0.526. The highest BCUT2D eigenvalue weighted by Gasteiger charge is 2.38. The predicted octanol–water partition coefficient (Wildman–Crippen LogP) is 3.86. The zero-order valence-corrected chi connectivity index (χ0v) is 20.4. The summed E-state index contributed by atoms with van der Waals surface area (Å²) >= 11 is 0. The number of halogens is 1. The highest BCUT2D eigenvalue weighted by atomic mass is 32.2. The maximum atomic E-state index is 13.6. The summed E-state index contributed by atoms with van der Waals surface area (Å²) in [6.07, 6.45) is 5.62. The van der Waals surface area contributed by atoms with Gasteiger partial charge in [0.2, 0.25) is 5.91 Å². The smallest absolute Gasteiger partial charge is 0.237 e. The van der Waals surface area contributed by atoms with Crippen molar-refractivity contribution in [1.82, 2.24) is 10.2 Å². The number of carbonyl (C=O) groups excluding carboxylic acids is 1. The van der Waals surface area contributed by atoms with Crippen LogP contribution in [0.25, 0.3) is 0 Å². The molecule has 1 amide bonds. The van der Waals surface area contributed by atoms with Gasteiger partial charge in [0.05, 0.1) is 31.2 Å². The van der Waals surface area contributed by atoms with Gasteiger partial charge >= 0.3 is 0 Å². The minimum absolute atomic E-state index is 0.0507. The van der Waals surface area contributed by atoms with Crippen LogP contribution in [-0.2, 0) is 14.6 Å². The Morgan fingerprint density at radius 3 is 2.18 bits per heavy atom. The van der Waals surface area contributed by atoms with E-state index in [1.165, 1.54) is 12.1 Å². The monoisotopic (exact) mass is 488 g/mol. The number of amides is 1. The van der Waals surface area contributed by atoms with E-state index in [4.69, 9.17) is 4.74 Å². The molecule has 2 atom stereocenters. The molecule has 0 radical (unpaired) electrons. The van der Waals surface area contributed by atoms with Gasteiger partial charge in [-0.15, -0.1) is 0 Å². The van der Waals surface area contributed by atoms with Crippen LogP contribution in [0.1, 0.15) is 55.7 Å². The molecule has 1 saturated carbocycles. The van der Waals surface area contributed by atoms with Crippen molar-refractivity contribution in [2.24, 2.45) is 0 Å². The molecule has 4 rings (SSSR count). The third kappa shape index (κ3) is 5.96. The van der Waals surface area contributed by atoms with Gasteiger partial charge in [-0.05, 0) is 54.7 Å². The predicted molar refractivity (Wildman–Crippen MR) is 130 cm³/mol. The molecule has 0 aromatic heterocycles. The van der Waals surface area contributed by atoms with E-state index in [0.29, 0.717) is 6.42 Å². The van der Waals surface area contributed by atoms with Crippen LogP contribution in [0.5, 0.6) is 5.75 Å². The van der Waals surface area contributed by atoms with Crippen molar-refractivity contribution in [3.05, 3.63) is 65.5 Å². The second-order valence-electron chi connectivity index (χ2n) is 9.29. The number of sulfone groups is 1. The number of hydrogen-bond acceptors (Lipinski definition) is 5. The maximum Gasteiger partial charge on any atom is 0.237 e. The summed E-state index contributed by atoms with van der Waals surface area (Å²) < 4.78 is 43.2. The molecule has 8 heteroatoms. The van der Waals surface area contributed by atoms with Crippen molar-refractivity contribution in [2.45, 2.75) is 56.7 Å². The average molecular weight is 489 g/mol. The largest absolute Gasteiger partial charge is 0.497 e. The summed E-state index contributed by atoms with van der Waals surface area (Å²) in [5.41, 5.74) is 1.76. The number of ether oxygens (including phenoxy) is 1. The zero-order valence-electron chi connectivity index (χ0n) is 19.6. The summed E-state index contributed by atoms with van der Waals surface area (Å²) in [6, 6.07) is 13.3. The lowest BCUT2D eigenvalue weighted by molar-refractivity contribution is -0.135. The standard InChI is InChI=1S/C26H33FN2O4S/c1-33-24-13-9-20(10-14-24)26(19-7-11-21(27)12-8-19)28-17-25(30)29(22-5-3-2-4-6-22)23-15-16-34(31,32)18-23/h7-14,22-23,26,28H,2-6,15-18H2,1H3. The van der Waals surface area contributed by atoms with E-state index in [0.717, 1.165) is 49.0 Å². The number of hydrogen-bond donors (Lipinski definition) is 1. The summed E-state index contributed by atoms with van der Waals surface area (Å²) in [7, 11) is -1.50. The summed E-state index contributed by atoms with van der Waals surface area (Å²) in [4.78, 5) is 15.4. The van der Waals surface area contributed by atoms with E-state index in [2.05, 4.69) is 5.32 Å². The Morgan fingerprint density at radius 1 is 1.00 bits per heavy atom. The Labute approximate surface area is 201 Å². The molecule has 0 spiro atoms. The van der Waals surface area contributed by atoms with Gasteiger partial charge in [0, 0.05) is 12.1 Å². The van der Waals surface area contributed by atoms with Gasteiger partial charge in [-0.2, -0.15) is 0 Å². The number of benzene rings is 2. The highest BCUT2D eigenvalue weighted by molar-refractivity contribution is 7.91. The molecule has 34 heavy (non-hydrogen) atoms. The van der Waals surface area contributed by atoms with Crippen molar-refractivity contribution in [3.8, 4) is 5.75 Å². The Hall–Kier alpha value is -2.45. The van der Waals surface area contributed by atoms with Crippen molar-refractivity contribution >= 4 is 15.7 Å². The lowest BCUT2D eigenvalue weighted by Gasteiger charge is -2.38. The number of carbonyl (C=O) groups is 1. The molecule has 1 aliphatic carbocycles. The first-order valence-corrected chi connectivity index (χ1v) is 13.8. The van der Waals surface area contributed by atoms with Gasteiger partial charge in [0.15, 0.2) is 9.84 Å². The number of nitrogens with zero attached hydrogens (tertiary/aromatic N) is 1. The van der Waals surface area contributed by atoms with E-state index in [1.807, 2.05) is 29.2 Å². The zero-order chi connectivity index (χ0) is 24.1. The summed E-state index contributed by atoms with van der Waals surface area (Å²) in [6.45, 7) is 0.0706. The first-order chi connectivity index (χ1) is 16.4. The van der Waals surface area contributed by atoms with Crippen molar-refractivity contribution in [2.75, 3.05) is 25.2 Å². The fourth-order valence-corrected chi connectivity index (χ4v) is 6.93. The molecule has 1 saturated heterocycles. The van der Waals surface area contributed by atoms with Crippen LogP contribution < -0.4 is 10.1 Å². The molecule has 2 aliphatic rings. The van der Waals surface area contributed by atoms with Crippen molar-refractivity contribution in [1.29, 1.82) is 0 Å². The van der Waals surface area contributed by atoms with E-state index in [9.17, 15) is 17.6 Å². The third-order valence-electron chi connectivity index (χ3n) is 6.97. The Kier molecular flexibility index (Phi) is 7.88. The molecule has 0 bridgehead atoms. The fraction of sp³-hybridized carbons (Fsp3) is 0.500. The Balaban J connectivity index is 1.55. The molecule has 2 aromatic rings. The number of methoxy groups -OCH3 is 1. The molecule has 2 fully saturated rings. The Morgan fingerprint density at radius 2 is 1.62 bits per heavy atom.